The van der Waals surface area contributed by atoms with Crippen LogP contribution in [-0.2, 0) is 0 Å². The summed E-state index contributed by atoms with van der Waals surface area (Å²) in [5.41, 5.74) is 6.58. The van der Waals surface area contributed by atoms with Crippen LogP contribution in [0.2, 0.25) is 5.02 Å². The quantitative estimate of drug-likeness (QED) is 0.597. The van der Waals surface area contributed by atoms with Crippen molar-refractivity contribution < 1.29 is 0 Å². The Morgan fingerprint density at radius 1 is 1.00 bits per heavy atom. The second kappa shape index (κ2) is 3.35. The van der Waals surface area contributed by atoms with Crippen LogP contribution >= 0.6 is 11.6 Å². The smallest absolute Gasteiger partial charge is 0.125 e. The van der Waals surface area contributed by atoms with Crippen LogP contribution in [0.25, 0.3) is 21.7 Å². The molecule has 3 aromatic rings. The molecule has 0 aliphatic rings. The lowest BCUT2D eigenvalue weighted by Gasteiger charge is -2.05. The number of rotatable bonds is 0. The topological polar surface area (TPSA) is 38.9 Å². The monoisotopic (exact) mass is 228 g/mol. The highest BCUT2D eigenvalue weighted by Gasteiger charge is 2.05. The number of nitrogens with two attached hydrogens (primary N) is 1. The number of fused-ring (bicyclic) bond motifs is 3. The molecule has 16 heavy (non-hydrogen) atoms. The maximum atomic E-state index is 6.14. The first kappa shape index (κ1) is 9.43. The highest BCUT2D eigenvalue weighted by atomic mass is 35.5. The Balaban J connectivity index is 2.59. The van der Waals surface area contributed by atoms with Gasteiger partial charge < -0.3 is 5.73 Å². The van der Waals surface area contributed by atoms with E-state index in [9.17, 15) is 0 Å². The minimum absolute atomic E-state index is 0.453. The largest absolute Gasteiger partial charge is 0.384 e. The molecule has 0 spiro atoms. The Bertz CT molecular complexity index is 692. The van der Waals surface area contributed by atoms with E-state index in [0.29, 0.717) is 10.8 Å². The number of anilines is 1. The third kappa shape index (κ3) is 1.31. The molecule has 0 bridgehead atoms. The molecule has 2 N–H and O–H groups in total. The SMILES string of the molecule is Nc1cc(Cl)c2ccc3ccccc3c2n1. The minimum atomic E-state index is 0.453. The van der Waals surface area contributed by atoms with Gasteiger partial charge in [-0.05, 0) is 11.5 Å². The van der Waals surface area contributed by atoms with Gasteiger partial charge in [-0.1, -0.05) is 48.0 Å². The number of halogens is 1. The fourth-order valence-electron chi connectivity index (χ4n) is 1.94. The van der Waals surface area contributed by atoms with Crippen LogP contribution in [0.15, 0.2) is 42.5 Å². The van der Waals surface area contributed by atoms with Gasteiger partial charge in [-0.25, -0.2) is 4.98 Å². The minimum Gasteiger partial charge on any atom is -0.384 e. The maximum Gasteiger partial charge on any atom is 0.125 e. The van der Waals surface area contributed by atoms with Crippen LogP contribution in [0, 0.1) is 0 Å². The van der Waals surface area contributed by atoms with Crippen LogP contribution in [-0.4, -0.2) is 4.98 Å². The summed E-state index contributed by atoms with van der Waals surface area (Å²) in [6, 6.07) is 13.8. The summed E-state index contributed by atoms with van der Waals surface area (Å²) in [6.07, 6.45) is 0. The Kier molecular flexibility index (Phi) is 1.98. The first-order valence-electron chi connectivity index (χ1n) is 4.99. The lowest BCUT2D eigenvalue weighted by atomic mass is 10.1. The summed E-state index contributed by atoms with van der Waals surface area (Å²) >= 11 is 6.14. The summed E-state index contributed by atoms with van der Waals surface area (Å²) in [5, 5.41) is 3.81. The number of benzene rings is 2. The van der Waals surface area contributed by atoms with Gasteiger partial charge in [-0.15, -0.1) is 0 Å². The van der Waals surface area contributed by atoms with Crippen molar-refractivity contribution in [2.24, 2.45) is 0 Å². The van der Waals surface area contributed by atoms with Gasteiger partial charge in [0.25, 0.3) is 0 Å². The molecule has 0 saturated carbocycles. The average Bonchev–Trinajstić information content (AvgIpc) is 2.28. The summed E-state index contributed by atoms with van der Waals surface area (Å²) in [4.78, 5) is 4.36. The highest BCUT2D eigenvalue weighted by molar-refractivity contribution is 6.36. The first-order chi connectivity index (χ1) is 7.75. The normalized spacial score (nSPS) is 11.1. The molecule has 3 rings (SSSR count). The van der Waals surface area contributed by atoms with Crippen LogP contribution in [0.4, 0.5) is 5.82 Å². The zero-order valence-electron chi connectivity index (χ0n) is 8.44. The molecule has 1 aromatic heterocycles. The molecule has 0 atom stereocenters. The van der Waals surface area contributed by atoms with E-state index >= 15 is 0 Å². The van der Waals surface area contributed by atoms with Gasteiger partial charge in [0.15, 0.2) is 0 Å². The van der Waals surface area contributed by atoms with Gasteiger partial charge in [-0.2, -0.15) is 0 Å². The summed E-state index contributed by atoms with van der Waals surface area (Å²) < 4.78 is 0. The van der Waals surface area contributed by atoms with Crippen molar-refractivity contribution in [1.29, 1.82) is 0 Å². The third-order valence-corrected chi connectivity index (χ3v) is 2.99. The number of nitrogens with zero attached hydrogens (tertiary/aromatic N) is 1. The Hall–Kier alpha value is -1.80. The lowest BCUT2D eigenvalue weighted by molar-refractivity contribution is 1.43. The van der Waals surface area contributed by atoms with E-state index in [1.54, 1.807) is 6.07 Å². The fraction of sp³-hybridized carbons (Fsp3) is 0. The second-order valence-corrected chi connectivity index (χ2v) is 4.12. The number of hydrogen-bond donors (Lipinski definition) is 1. The Morgan fingerprint density at radius 2 is 1.81 bits per heavy atom. The van der Waals surface area contributed by atoms with Crippen molar-refractivity contribution in [3.05, 3.63) is 47.5 Å². The van der Waals surface area contributed by atoms with Gasteiger partial charge in [0.1, 0.15) is 5.82 Å². The molecule has 2 nitrogen and oxygen atoms in total. The molecule has 78 valence electrons. The van der Waals surface area contributed by atoms with Crippen molar-refractivity contribution in [1.82, 2.24) is 4.98 Å². The number of aromatic nitrogens is 1. The summed E-state index contributed by atoms with van der Waals surface area (Å²) in [5.74, 6) is 0.453. The summed E-state index contributed by atoms with van der Waals surface area (Å²) in [7, 11) is 0. The van der Waals surface area contributed by atoms with E-state index in [1.165, 1.54) is 0 Å². The Labute approximate surface area is 97.7 Å². The molecular formula is C13H9ClN2. The van der Waals surface area contributed by atoms with Crippen LogP contribution in [0.1, 0.15) is 0 Å². The van der Waals surface area contributed by atoms with E-state index in [-0.39, 0.29) is 0 Å². The van der Waals surface area contributed by atoms with Gasteiger partial charge in [0.2, 0.25) is 0 Å². The van der Waals surface area contributed by atoms with Crippen LogP contribution in [0.5, 0.6) is 0 Å². The molecular weight excluding hydrogens is 220 g/mol. The molecule has 2 aromatic carbocycles. The molecule has 0 aliphatic heterocycles. The molecule has 0 amide bonds. The molecule has 1 heterocycles. The lowest BCUT2D eigenvalue weighted by Crippen LogP contribution is -1.91. The van der Waals surface area contributed by atoms with Crippen molar-refractivity contribution in [2.45, 2.75) is 0 Å². The predicted molar refractivity (Wildman–Crippen MR) is 68.7 cm³/mol. The van der Waals surface area contributed by atoms with Crippen molar-refractivity contribution in [2.75, 3.05) is 5.73 Å². The standard InChI is InChI=1S/C13H9ClN2/c14-11-7-12(15)16-13-9-4-2-1-3-8(9)5-6-10(11)13/h1-7H,(H2,15,16). The number of pyridine rings is 1. The van der Waals surface area contributed by atoms with Crippen LogP contribution < -0.4 is 5.73 Å². The summed E-state index contributed by atoms with van der Waals surface area (Å²) in [6.45, 7) is 0. The number of nitrogen functional groups attached to an aromatic ring is 1. The molecule has 0 unspecified atom stereocenters. The molecule has 0 aliphatic carbocycles. The van der Waals surface area contributed by atoms with Gasteiger partial charge in [0, 0.05) is 10.8 Å². The third-order valence-electron chi connectivity index (χ3n) is 2.67. The predicted octanol–water partition coefficient (Wildman–Crippen LogP) is 3.62. The van der Waals surface area contributed by atoms with Gasteiger partial charge >= 0.3 is 0 Å². The van der Waals surface area contributed by atoms with E-state index in [0.717, 1.165) is 21.7 Å². The fourth-order valence-corrected chi connectivity index (χ4v) is 2.20. The highest BCUT2D eigenvalue weighted by Crippen LogP contribution is 2.29. The van der Waals surface area contributed by atoms with E-state index < -0.39 is 0 Å². The van der Waals surface area contributed by atoms with E-state index in [4.69, 9.17) is 17.3 Å². The maximum absolute atomic E-state index is 6.14. The molecule has 0 saturated heterocycles. The van der Waals surface area contributed by atoms with Crippen molar-refractivity contribution >= 4 is 39.1 Å². The molecule has 0 fully saturated rings. The number of hydrogen-bond acceptors (Lipinski definition) is 2. The molecule has 3 heteroatoms. The van der Waals surface area contributed by atoms with E-state index in [1.807, 2.05) is 36.4 Å². The zero-order chi connectivity index (χ0) is 11.1. The molecule has 0 radical (unpaired) electrons. The zero-order valence-corrected chi connectivity index (χ0v) is 9.20. The van der Waals surface area contributed by atoms with E-state index in [2.05, 4.69) is 4.98 Å². The van der Waals surface area contributed by atoms with Crippen molar-refractivity contribution in [3.63, 3.8) is 0 Å². The first-order valence-corrected chi connectivity index (χ1v) is 5.37. The van der Waals surface area contributed by atoms with Crippen molar-refractivity contribution in [3.8, 4) is 0 Å². The second-order valence-electron chi connectivity index (χ2n) is 3.71. The average molecular weight is 229 g/mol. The van der Waals surface area contributed by atoms with Gasteiger partial charge in [0.05, 0.1) is 10.5 Å². The Morgan fingerprint density at radius 3 is 2.69 bits per heavy atom. The van der Waals surface area contributed by atoms with Gasteiger partial charge in [-0.3, -0.25) is 0 Å². The van der Waals surface area contributed by atoms with Crippen LogP contribution in [0.3, 0.4) is 0 Å².